The Kier molecular flexibility index (Phi) is 6.72. The number of fused-ring (bicyclic) bond motifs is 5. The van der Waals surface area contributed by atoms with Gasteiger partial charge >= 0.3 is 5.63 Å². The summed E-state index contributed by atoms with van der Waals surface area (Å²) in [5.74, 6) is 1.68. The van der Waals surface area contributed by atoms with Gasteiger partial charge < -0.3 is 24.3 Å². The van der Waals surface area contributed by atoms with Gasteiger partial charge in [0.25, 0.3) is 5.91 Å². The first-order valence-corrected chi connectivity index (χ1v) is 12.6. The molecule has 1 aromatic heterocycles. The summed E-state index contributed by atoms with van der Waals surface area (Å²) in [6.07, 6.45) is 6.61. The van der Waals surface area contributed by atoms with Gasteiger partial charge in [0.2, 0.25) is 0 Å². The minimum atomic E-state index is -0.335. The zero-order valence-corrected chi connectivity index (χ0v) is 19.7. The van der Waals surface area contributed by atoms with Crippen LogP contribution < -0.4 is 20.4 Å². The first-order chi connectivity index (χ1) is 15.3. The fraction of sp³-hybridized carbons (Fsp3) is 0.583. The number of carbonyl (C=O) groups excluding carboxylic acids is 1. The maximum absolute atomic E-state index is 12.6. The van der Waals surface area contributed by atoms with Crippen LogP contribution in [0, 0.1) is 0 Å². The number of thioether (sulfide) groups is 1. The lowest BCUT2D eigenvalue weighted by molar-refractivity contribution is -0.124. The van der Waals surface area contributed by atoms with E-state index in [9.17, 15) is 14.7 Å². The third-order valence-electron chi connectivity index (χ3n) is 6.25. The molecule has 0 saturated carbocycles. The van der Waals surface area contributed by atoms with Crippen LogP contribution >= 0.6 is 11.8 Å². The lowest BCUT2D eigenvalue weighted by atomic mass is 9.91. The fourth-order valence-corrected chi connectivity index (χ4v) is 5.07. The largest absolute Gasteiger partial charge is 0.487 e. The van der Waals surface area contributed by atoms with Crippen molar-refractivity contribution in [3.05, 3.63) is 33.2 Å². The van der Waals surface area contributed by atoms with Gasteiger partial charge in [-0.2, -0.15) is 11.8 Å². The Morgan fingerprint density at radius 1 is 1.28 bits per heavy atom. The molecule has 0 unspecified atom stereocenters. The molecular weight excluding hydrogens is 430 g/mol. The number of nitrogens with one attached hydrogen (secondary N) is 1. The second-order valence-corrected chi connectivity index (χ2v) is 10.1. The molecule has 4 rings (SSSR count). The van der Waals surface area contributed by atoms with Crippen LogP contribution in [-0.2, 0) is 24.1 Å². The Morgan fingerprint density at radius 3 is 2.81 bits per heavy atom. The van der Waals surface area contributed by atoms with E-state index in [1.807, 2.05) is 26.2 Å². The molecule has 2 heterocycles. The lowest BCUT2D eigenvalue weighted by Gasteiger charge is -2.33. The average molecular weight is 462 g/mol. The summed E-state index contributed by atoms with van der Waals surface area (Å²) >= 11 is 1.67. The predicted molar refractivity (Wildman–Crippen MR) is 125 cm³/mol. The van der Waals surface area contributed by atoms with Crippen molar-refractivity contribution in [2.24, 2.45) is 0 Å². The predicted octanol–water partition coefficient (Wildman–Crippen LogP) is 2.99. The van der Waals surface area contributed by atoms with Crippen molar-refractivity contribution in [3.8, 4) is 11.5 Å². The van der Waals surface area contributed by atoms with E-state index < -0.39 is 0 Å². The monoisotopic (exact) mass is 461 g/mol. The summed E-state index contributed by atoms with van der Waals surface area (Å²) in [7, 11) is 0. The minimum absolute atomic E-state index is 0.115. The van der Waals surface area contributed by atoms with Crippen LogP contribution in [0.1, 0.15) is 49.8 Å². The normalized spacial score (nSPS) is 17.4. The molecule has 1 atom stereocenters. The molecule has 32 heavy (non-hydrogen) atoms. The molecule has 0 fully saturated rings. The molecule has 0 spiro atoms. The third kappa shape index (κ3) is 4.62. The van der Waals surface area contributed by atoms with Crippen LogP contribution in [0.4, 0.5) is 0 Å². The second-order valence-electron chi connectivity index (χ2n) is 9.13. The number of hydrogen-bond donors (Lipinski definition) is 2. The zero-order valence-electron chi connectivity index (χ0n) is 18.9. The van der Waals surface area contributed by atoms with Gasteiger partial charge in [-0.3, -0.25) is 4.79 Å². The van der Waals surface area contributed by atoms with Crippen LogP contribution in [0.25, 0.3) is 11.0 Å². The Bertz CT molecular complexity index is 1080. The van der Waals surface area contributed by atoms with Crippen molar-refractivity contribution < 1.29 is 23.8 Å². The maximum atomic E-state index is 12.6. The van der Waals surface area contributed by atoms with Gasteiger partial charge in [0.15, 0.2) is 6.61 Å². The number of amides is 1. The van der Waals surface area contributed by atoms with Gasteiger partial charge in [-0.15, -0.1) is 0 Å². The number of aryl methyl sites for hydroxylation is 2. The molecular formula is C24H31NO6S. The summed E-state index contributed by atoms with van der Waals surface area (Å²) in [6.45, 7) is 3.74. The maximum Gasteiger partial charge on any atom is 0.339 e. The van der Waals surface area contributed by atoms with Gasteiger partial charge in [-0.1, -0.05) is 0 Å². The quantitative estimate of drug-likeness (QED) is 0.583. The van der Waals surface area contributed by atoms with Crippen molar-refractivity contribution in [3.63, 3.8) is 0 Å². The summed E-state index contributed by atoms with van der Waals surface area (Å²) < 4.78 is 18.0. The van der Waals surface area contributed by atoms with E-state index in [2.05, 4.69) is 5.32 Å². The highest BCUT2D eigenvalue weighted by molar-refractivity contribution is 7.98. The van der Waals surface area contributed by atoms with E-state index in [0.717, 1.165) is 47.9 Å². The first-order valence-electron chi connectivity index (χ1n) is 11.2. The molecule has 7 nitrogen and oxygen atoms in total. The van der Waals surface area contributed by atoms with Gasteiger partial charge in [-0.05, 0) is 69.9 Å². The van der Waals surface area contributed by atoms with Gasteiger partial charge in [-0.25, -0.2) is 4.79 Å². The van der Waals surface area contributed by atoms with Crippen LogP contribution in [-0.4, -0.2) is 47.9 Å². The number of aliphatic hydroxyl groups excluding tert-OH is 1. The molecule has 0 saturated heterocycles. The Balaban J connectivity index is 1.67. The van der Waals surface area contributed by atoms with Crippen molar-refractivity contribution >= 4 is 28.6 Å². The molecule has 0 bridgehead atoms. The second kappa shape index (κ2) is 9.35. The van der Waals surface area contributed by atoms with E-state index in [1.54, 1.807) is 11.8 Å². The molecule has 1 aromatic carbocycles. The van der Waals surface area contributed by atoms with Crippen LogP contribution in [0.5, 0.6) is 11.5 Å². The molecule has 2 aromatic rings. The van der Waals surface area contributed by atoms with E-state index in [1.165, 1.54) is 0 Å². The minimum Gasteiger partial charge on any atom is -0.487 e. The number of aliphatic hydroxyl groups is 1. The van der Waals surface area contributed by atoms with E-state index >= 15 is 0 Å². The van der Waals surface area contributed by atoms with E-state index in [0.29, 0.717) is 35.5 Å². The Morgan fingerprint density at radius 2 is 2.06 bits per heavy atom. The molecule has 174 valence electrons. The summed E-state index contributed by atoms with van der Waals surface area (Å²) in [6, 6.07) is 1.53. The summed E-state index contributed by atoms with van der Waals surface area (Å²) in [5.41, 5.74) is 2.46. The number of benzene rings is 1. The molecule has 2 aliphatic rings. The highest BCUT2D eigenvalue weighted by Crippen LogP contribution is 2.44. The van der Waals surface area contributed by atoms with Gasteiger partial charge in [0.05, 0.1) is 18.0 Å². The third-order valence-corrected chi connectivity index (χ3v) is 6.89. The highest BCUT2D eigenvalue weighted by Gasteiger charge is 2.32. The number of carbonyl (C=O) groups is 1. The van der Waals surface area contributed by atoms with Crippen molar-refractivity contribution in [2.75, 3.05) is 25.2 Å². The topological polar surface area (TPSA) is 98.0 Å². The summed E-state index contributed by atoms with van der Waals surface area (Å²) in [5, 5.41) is 13.1. The van der Waals surface area contributed by atoms with Gasteiger partial charge in [0.1, 0.15) is 22.7 Å². The average Bonchev–Trinajstić information content (AvgIpc) is 3.24. The van der Waals surface area contributed by atoms with Gasteiger partial charge in [0, 0.05) is 17.2 Å². The standard InChI is InChI=1S/C24H31NO6S/c1-24(2)9-7-17-18(31-24)11-19(29-13-20(27)25-14(12-26)8-10-32-3)21-15-5-4-6-16(15)23(28)30-22(17)21/h11,14,26H,4-10,12-13H2,1-3H3,(H,25,27)/t14-/m0/s1. The Labute approximate surface area is 191 Å². The van der Waals surface area contributed by atoms with E-state index in [4.69, 9.17) is 13.9 Å². The SMILES string of the molecule is CSCC[C@@H](CO)NC(=O)COc1cc2c(c3oc(=O)c4c(c13)CCC4)CCC(C)(C)O2. The molecule has 1 amide bonds. The van der Waals surface area contributed by atoms with Crippen molar-refractivity contribution in [2.45, 2.75) is 64.0 Å². The fourth-order valence-electron chi connectivity index (χ4n) is 4.55. The van der Waals surface area contributed by atoms with Crippen LogP contribution in [0.3, 0.4) is 0 Å². The van der Waals surface area contributed by atoms with Crippen molar-refractivity contribution in [1.82, 2.24) is 5.32 Å². The number of ether oxygens (including phenoxy) is 2. The van der Waals surface area contributed by atoms with Crippen molar-refractivity contribution in [1.29, 1.82) is 0 Å². The molecule has 8 heteroatoms. The number of rotatable bonds is 8. The lowest BCUT2D eigenvalue weighted by Crippen LogP contribution is -2.40. The first kappa shape index (κ1) is 23.0. The Hall–Kier alpha value is -2.19. The molecule has 0 radical (unpaired) electrons. The molecule has 1 aliphatic carbocycles. The highest BCUT2D eigenvalue weighted by atomic mass is 32.2. The molecule has 2 N–H and O–H groups in total. The summed E-state index contributed by atoms with van der Waals surface area (Å²) in [4.78, 5) is 25.1. The van der Waals surface area contributed by atoms with E-state index in [-0.39, 0.29) is 36.4 Å². The zero-order chi connectivity index (χ0) is 22.9. The van der Waals surface area contributed by atoms with Crippen LogP contribution in [0.15, 0.2) is 15.3 Å². The smallest absolute Gasteiger partial charge is 0.339 e. The van der Waals surface area contributed by atoms with Crippen LogP contribution in [0.2, 0.25) is 0 Å². The number of hydrogen-bond acceptors (Lipinski definition) is 7. The molecule has 1 aliphatic heterocycles.